The standard InChI is InChI=1S/C41H29N3S/c1-41(2)32-16-8-5-15-30(32)37-38(41)42-39(26-19-20-29-28-14-7-10-18-35(28)45-36(29)23-26)43-40(37)44-33-17-9-6-13-27(33)31-21-24-11-3-4-12-25(24)22-34(31)44/h3-7,9-15,17-23H,8,16H2,1-2H3. The molecule has 0 saturated carbocycles. The summed E-state index contributed by atoms with van der Waals surface area (Å²) >= 11 is 1.84. The number of hydrogen-bond acceptors (Lipinski definition) is 3. The maximum atomic E-state index is 5.54. The first-order valence-electron chi connectivity index (χ1n) is 15.7. The van der Waals surface area contributed by atoms with Crippen LogP contribution in [0.4, 0.5) is 0 Å². The normalized spacial score (nSPS) is 15.6. The summed E-state index contributed by atoms with van der Waals surface area (Å²) in [6.07, 6.45) is 6.76. The third-order valence-corrected chi connectivity index (χ3v) is 11.2. The van der Waals surface area contributed by atoms with Gasteiger partial charge in [-0.3, -0.25) is 4.57 Å². The van der Waals surface area contributed by atoms with Gasteiger partial charge in [-0.1, -0.05) is 104 Å². The summed E-state index contributed by atoms with van der Waals surface area (Å²) in [4.78, 5) is 11.0. The molecule has 10 rings (SSSR count). The van der Waals surface area contributed by atoms with E-state index in [1.165, 1.54) is 69.5 Å². The van der Waals surface area contributed by atoms with Gasteiger partial charge in [0.15, 0.2) is 5.82 Å². The Morgan fingerprint density at radius 3 is 2.33 bits per heavy atom. The Kier molecular flexibility index (Phi) is 5.05. The molecule has 2 aliphatic carbocycles. The fourth-order valence-electron chi connectivity index (χ4n) is 7.88. The molecule has 214 valence electrons. The zero-order valence-electron chi connectivity index (χ0n) is 25.1. The molecule has 0 radical (unpaired) electrons. The number of benzene rings is 5. The van der Waals surface area contributed by atoms with Crippen LogP contribution < -0.4 is 0 Å². The maximum absolute atomic E-state index is 5.54. The van der Waals surface area contributed by atoms with Crippen LogP contribution in [-0.2, 0) is 5.41 Å². The highest BCUT2D eigenvalue weighted by Crippen LogP contribution is 2.52. The molecule has 3 heterocycles. The van der Waals surface area contributed by atoms with Crippen molar-refractivity contribution < 1.29 is 0 Å². The van der Waals surface area contributed by atoms with Crippen molar-refractivity contribution in [2.45, 2.75) is 32.1 Å². The average Bonchev–Trinajstić information content (AvgIpc) is 3.68. The molecule has 3 aromatic heterocycles. The second-order valence-corrected chi connectivity index (χ2v) is 14.0. The number of para-hydroxylation sites is 1. The van der Waals surface area contributed by atoms with E-state index in [1.54, 1.807) is 0 Å². The van der Waals surface area contributed by atoms with Crippen molar-refractivity contribution >= 4 is 69.7 Å². The van der Waals surface area contributed by atoms with Gasteiger partial charge >= 0.3 is 0 Å². The van der Waals surface area contributed by atoms with Crippen molar-refractivity contribution in [1.82, 2.24) is 14.5 Å². The molecule has 4 heteroatoms. The Balaban J connectivity index is 1.32. The Bertz CT molecular complexity index is 2630. The van der Waals surface area contributed by atoms with E-state index >= 15 is 0 Å². The van der Waals surface area contributed by atoms with Crippen molar-refractivity contribution in [3.05, 3.63) is 132 Å². The predicted molar refractivity (Wildman–Crippen MR) is 191 cm³/mol. The molecular weight excluding hydrogens is 567 g/mol. The maximum Gasteiger partial charge on any atom is 0.161 e. The van der Waals surface area contributed by atoms with Gasteiger partial charge in [-0.15, -0.1) is 11.3 Å². The molecule has 0 bridgehead atoms. The van der Waals surface area contributed by atoms with Crippen LogP contribution in [0.1, 0.15) is 37.9 Å². The highest BCUT2D eigenvalue weighted by Gasteiger charge is 2.42. The first kappa shape index (κ1) is 25.3. The molecule has 0 fully saturated rings. The summed E-state index contributed by atoms with van der Waals surface area (Å²) in [6, 6.07) is 37.5. The van der Waals surface area contributed by atoms with Crippen LogP contribution in [0.5, 0.6) is 0 Å². The van der Waals surface area contributed by atoms with Crippen LogP contribution in [0.25, 0.3) is 75.5 Å². The number of thiophene rings is 1. The summed E-state index contributed by atoms with van der Waals surface area (Å²) in [7, 11) is 0. The lowest BCUT2D eigenvalue weighted by Crippen LogP contribution is -2.20. The van der Waals surface area contributed by atoms with Gasteiger partial charge in [-0.25, -0.2) is 9.97 Å². The van der Waals surface area contributed by atoms with Crippen molar-refractivity contribution in [3.8, 4) is 17.2 Å². The van der Waals surface area contributed by atoms with E-state index in [0.29, 0.717) is 0 Å². The molecule has 5 aromatic carbocycles. The third-order valence-electron chi connectivity index (χ3n) is 10.1. The lowest BCUT2D eigenvalue weighted by Gasteiger charge is -2.25. The van der Waals surface area contributed by atoms with E-state index < -0.39 is 0 Å². The van der Waals surface area contributed by atoms with Crippen LogP contribution in [0, 0.1) is 0 Å². The van der Waals surface area contributed by atoms with Crippen LogP contribution in [0.3, 0.4) is 0 Å². The van der Waals surface area contributed by atoms with E-state index in [1.807, 2.05) is 11.3 Å². The fourth-order valence-corrected chi connectivity index (χ4v) is 9.02. The lowest BCUT2D eigenvalue weighted by molar-refractivity contribution is 0.587. The number of rotatable bonds is 2. The third kappa shape index (κ3) is 3.46. The summed E-state index contributed by atoms with van der Waals surface area (Å²) < 4.78 is 4.98. The largest absolute Gasteiger partial charge is 0.293 e. The monoisotopic (exact) mass is 595 g/mol. The van der Waals surface area contributed by atoms with E-state index in [2.05, 4.69) is 134 Å². The van der Waals surface area contributed by atoms with Crippen LogP contribution in [0.2, 0.25) is 0 Å². The Labute approximate surface area is 264 Å². The van der Waals surface area contributed by atoms with Crippen molar-refractivity contribution in [2.24, 2.45) is 0 Å². The van der Waals surface area contributed by atoms with Gasteiger partial charge in [0.1, 0.15) is 5.82 Å². The van der Waals surface area contributed by atoms with E-state index in [9.17, 15) is 0 Å². The Hall–Kier alpha value is -5.06. The highest BCUT2D eigenvalue weighted by atomic mass is 32.1. The minimum absolute atomic E-state index is 0.185. The molecule has 0 atom stereocenters. The van der Waals surface area contributed by atoms with E-state index in [-0.39, 0.29) is 5.41 Å². The van der Waals surface area contributed by atoms with Crippen LogP contribution in [0.15, 0.2) is 121 Å². The topological polar surface area (TPSA) is 30.7 Å². The first-order valence-corrected chi connectivity index (χ1v) is 16.5. The smallest absolute Gasteiger partial charge is 0.161 e. The van der Waals surface area contributed by atoms with Crippen LogP contribution >= 0.6 is 11.3 Å². The Morgan fingerprint density at radius 2 is 1.44 bits per heavy atom. The summed E-state index contributed by atoms with van der Waals surface area (Å²) in [6.45, 7) is 4.70. The number of aromatic nitrogens is 3. The lowest BCUT2D eigenvalue weighted by atomic mass is 9.81. The number of hydrogen-bond donors (Lipinski definition) is 0. The zero-order chi connectivity index (χ0) is 29.9. The fraction of sp³-hybridized carbons (Fsp3) is 0.122. The van der Waals surface area contributed by atoms with E-state index in [4.69, 9.17) is 9.97 Å². The molecule has 0 saturated heterocycles. The van der Waals surface area contributed by atoms with Crippen molar-refractivity contribution in [3.63, 3.8) is 0 Å². The van der Waals surface area contributed by atoms with Gasteiger partial charge in [0.2, 0.25) is 0 Å². The highest BCUT2D eigenvalue weighted by molar-refractivity contribution is 7.25. The van der Waals surface area contributed by atoms with Gasteiger partial charge in [0, 0.05) is 47.5 Å². The number of nitrogens with zero attached hydrogens (tertiary/aromatic N) is 3. The zero-order valence-corrected chi connectivity index (χ0v) is 26.0. The Morgan fingerprint density at radius 1 is 0.689 bits per heavy atom. The second-order valence-electron chi connectivity index (χ2n) is 12.9. The number of fused-ring (bicyclic) bond motifs is 9. The molecule has 0 amide bonds. The average molecular weight is 596 g/mol. The second kappa shape index (κ2) is 8.99. The van der Waals surface area contributed by atoms with Gasteiger partial charge in [0.25, 0.3) is 0 Å². The molecular formula is C41H29N3S. The summed E-state index contributed by atoms with van der Waals surface area (Å²) in [5.41, 5.74) is 8.29. The quantitative estimate of drug-likeness (QED) is 0.199. The molecule has 45 heavy (non-hydrogen) atoms. The minimum atomic E-state index is -0.185. The molecule has 0 spiro atoms. The van der Waals surface area contributed by atoms with Gasteiger partial charge in [0.05, 0.1) is 16.7 Å². The van der Waals surface area contributed by atoms with E-state index in [0.717, 1.165) is 35.7 Å². The first-order chi connectivity index (χ1) is 22.1. The summed E-state index contributed by atoms with van der Waals surface area (Å²) in [5.74, 6) is 1.75. The minimum Gasteiger partial charge on any atom is -0.293 e. The van der Waals surface area contributed by atoms with Crippen molar-refractivity contribution in [2.75, 3.05) is 0 Å². The van der Waals surface area contributed by atoms with Gasteiger partial charge in [-0.05, 0) is 59.5 Å². The molecule has 0 N–H and O–H groups in total. The van der Waals surface area contributed by atoms with Crippen molar-refractivity contribution in [1.29, 1.82) is 0 Å². The van der Waals surface area contributed by atoms with Gasteiger partial charge in [-0.2, -0.15) is 0 Å². The SMILES string of the molecule is CC1(C)C2=C(C=CCC2)c2c(-n3c4ccccc4c4cc5ccccc5cc43)nc(-c3ccc4c(c3)sc3ccccc34)nc21. The predicted octanol–water partition coefficient (Wildman–Crippen LogP) is 11.2. The molecule has 8 aromatic rings. The number of allylic oxidation sites excluding steroid dienone is 4. The summed E-state index contributed by atoms with van der Waals surface area (Å²) in [5, 5.41) is 7.56. The van der Waals surface area contributed by atoms with Crippen LogP contribution in [-0.4, -0.2) is 14.5 Å². The van der Waals surface area contributed by atoms with Gasteiger partial charge < -0.3 is 0 Å². The molecule has 0 unspecified atom stereocenters. The molecule has 0 aliphatic heterocycles. The molecule has 3 nitrogen and oxygen atoms in total. The molecule has 2 aliphatic rings.